The molecule has 0 fully saturated rings. The summed E-state index contributed by atoms with van der Waals surface area (Å²) in [6.45, 7) is 5.37. The standard InChI is InChI=1S/C10H12N4O2/c1-5-4-11-10(16-5)9(15)12-8-6(2)13-14-7(8)3/h4H,1-3H3,(H,12,15)(H,13,14). The first kappa shape index (κ1) is 10.4. The van der Waals surface area contributed by atoms with Crippen molar-refractivity contribution < 1.29 is 9.21 Å². The molecule has 0 saturated heterocycles. The van der Waals surface area contributed by atoms with E-state index in [-0.39, 0.29) is 11.8 Å². The van der Waals surface area contributed by atoms with Gasteiger partial charge in [0.1, 0.15) is 5.76 Å². The van der Waals surface area contributed by atoms with E-state index in [1.807, 2.05) is 6.92 Å². The van der Waals surface area contributed by atoms with Crippen LogP contribution < -0.4 is 5.32 Å². The first-order chi connectivity index (χ1) is 7.58. The summed E-state index contributed by atoms with van der Waals surface area (Å²) in [7, 11) is 0. The second kappa shape index (κ2) is 3.80. The van der Waals surface area contributed by atoms with E-state index in [0.29, 0.717) is 11.4 Å². The fourth-order valence-electron chi connectivity index (χ4n) is 1.36. The van der Waals surface area contributed by atoms with Crippen LogP contribution in [-0.4, -0.2) is 21.1 Å². The number of anilines is 1. The van der Waals surface area contributed by atoms with Gasteiger partial charge in [0.2, 0.25) is 0 Å². The van der Waals surface area contributed by atoms with Gasteiger partial charge in [-0.3, -0.25) is 9.89 Å². The quantitative estimate of drug-likeness (QED) is 0.804. The summed E-state index contributed by atoms with van der Waals surface area (Å²) in [5.74, 6) is 0.281. The van der Waals surface area contributed by atoms with E-state index in [9.17, 15) is 4.79 Å². The SMILES string of the molecule is Cc1cnc(C(=O)Nc2c(C)n[nH]c2C)o1. The lowest BCUT2D eigenvalue weighted by molar-refractivity contribution is 0.0989. The van der Waals surface area contributed by atoms with Crippen LogP contribution in [0.3, 0.4) is 0 Å². The van der Waals surface area contributed by atoms with Crippen molar-refractivity contribution in [3.63, 3.8) is 0 Å². The maximum Gasteiger partial charge on any atom is 0.311 e. The average Bonchev–Trinajstić information content (AvgIpc) is 2.79. The van der Waals surface area contributed by atoms with Crippen LogP contribution in [0.1, 0.15) is 27.8 Å². The first-order valence-electron chi connectivity index (χ1n) is 4.83. The van der Waals surface area contributed by atoms with E-state index in [1.54, 1.807) is 13.8 Å². The summed E-state index contributed by atoms with van der Waals surface area (Å²) in [6, 6.07) is 0. The fraction of sp³-hybridized carbons (Fsp3) is 0.300. The van der Waals surface area contributed by atoms with Gasteiger partial charge in [-0.2, -0.15) is 5.10 Å². The lowest BCUT2D eigenvalue weighted by Crippen LogP contribution is -2.13. The number of nitrogens with one attached hydrogen (secondary N) is 2. The zero-order valence-electron chi connectivity index (χ0n) is 9.29. The Hall–Kier alpha value is -2.11. The summed E-state index contributed by atoms with van der Waals surface area (Å²) < 4.78 is 5.12. The maximum atomic E-state index is 11.7. The Kier molecular flexibility index (Phi) is 2.47. The van der Waals surface area contributed by atoms with Crippen molar-refractivity contribution in [2.75, 3.05) is 5.32 Å². The number of aromatic amines is 1. The number of carbonyl (C=O) groups is 1. The van der Waals surface area contributed by atoms with Crippen LogP contribution in [0.25, 0.3) is 0 Å². The molecule has 0 aliphatic carbocycles. The minimum atomic E-state index is -0.374. The van der Waals surface area contributed by atoms with Gasteiger partial charge in [0.15, 0.2) is 0 Å². The average molecular weight is 220 g/mol. The van der Waals surface area contributed by atoms with Gasteiger partial charge < -0.3 is 9.73 Å². The summed E-state index contributed by atoms with van der Waals surface area (Å²) >= 11 is 0. The predicted octanol–water partition coefficient (Wildman–Crippen LogP) is 1.58. The third-order valence-electron chi connectivity index (χ3n) is 2.18. The summed E-state index contributed by atoms with van der Waals surface area (Å²) in [6.07, 6.45) is 1.50. The molecule has 1 amide bonds. The van der Waals surface area contributed by atoms with Gasteiger partial charge >= 0.3 is 5.91 Å². The number of carbonyl (C=O) groups excluding carboxylic acids is 1. The molecule has 2 aromatic rings. The Labute approximate surface area is 92.1 Å². The molecule has 2 N–H and O–H groups in total. The largest absolute Gasteiger partial charge is 0.438 e. The minimum Gasteiger partial charge on any atom is -0.438 e. The van der Waals surface area contributed by atoms with E-state index in [4.69, 9.17) is 4.42 Å². The number of hydrogen-bond donors (Lipinski definition) is 2. The van der Waals surface area contributed by atoms with Crippen LogP contribution in [0.4, 0.5) is 5.69 Å². The van der Waals surface area contributed by atoms with E-state index in [1.165, 1.54) is 6.20 Å². The van der Waals surface area contributed by atoms with Gasteiger partial charge in [0.05, 0.1) is 23.3 Å². The number of nitrogens with zero attached hydrogens (tertiary/aromatic N) is 2. The smallest absolute Gasteiger partial charge is 0.311 e. The van der Waals surface area contributed by atoms with E-state index in [2.05, 4.69) is 20.5 Å². The highest BCUT2D eigenvalue weighted by Crippen LogP contribution is 2.17. The third kappa shape index (κ3) is 1.81. The van der Waals surface area contributed by atoms with Crippen molar-refractivity contribution in [1.29, 1.82) is 0 Å². The van der Waals surface area contributed by atoms with E-state index in [0.717, 1.165) is 11.4 Å². The molecule has 2 rings (SSSR count). The van der Waals surface area contributed by atoms with Crippen LogP contribution in [0.5, 0.6) is 0 Å². The van der Waals surface area contributed by atoms with Crippen LogP contribution in [0, 0.1) is 20.8 Å². The molecule has 16 heavy (non-hydrogen) atoms. The molecule has 6 nitrogen and oxygen atoms in total. The molecular weight excluding hydrogens is 208 g/mol. The molecule has 0 aromatic carbocycles. The van der Waals surface area contributed by atoms with Gasteiger partial charge in [-0.1, -0.05) is 0 Å². The lowest BCUT2D eigenvalue weighted by Gasteiger charge is -2.01. The highest BCUT2D eigenvalue weighted by Gasteiger charge is 2.15. The third-order valence-corrected chi connectivity index (χ3v) is 2.18. The van der Waals surface area contributed by atoms with Crippen molar-refractivity contribution in [1.82, 2.24) is 15.2 Å². The van der Waals surface area contributed by atoms with Gasteiger partial charge in [-0.15, -0.1) is 0 Å². The number of hydrogen-bond acceptors (Lipinski definition) is 4. The Bertz CT molecular complexity index is 507. The molecule has 0 saturated carbocycles. The Balaban J connectivity index is 2.20. The second-order valence-corrected chi connectivity index (χ2v) is 3.54. The molecular formula is C10H12N4O2. The molecule has 6 heteroatoms. The Morgan fingerprint density at radius 1 is 1.44 bits per heavy atom. The van der Waals surface area contributed by atoms with Gasteiger partial charge in [0, 0.05) is 0 Å². The predicted molar refractivity (Wildman–Crippen MR) is 57.3 cm³/mol. The molecule has 0 aliphatic heterocycles. The van der Waals surface area contributed by atoms with E-state index >= 15 is 0 Å². The fourth-order valence-corrected chi connectivity index (χ4v) is 1.36. The van der Waals surface area contributed by atoms with Gasteiger partial charge in [-0.05, 0) is 20.8 Å². The molecule has 0 bridgehead atoms. The maximum absolute atomic E-state index is 11.7. The zero-order chi connectivity index (χ0) is 11.7. The molecule has 84 valence electrons. The lowest BCUT2D eigenvalue weighted by atomic mass is 10.3. The van der Waals surface area contributed by atoms with Crippen molar-refractivity contribution in [3.8, 4) is 0 Å². The number of aromatic nitrogens is 3. The zero-order valence-corrected chi connectivity index (χ0v) is 9.29. The number of H-pyrrole nitrogens is 1. The van der Waals surface area contributed by atoms with Crippen LogP contribution >= 0.6 is 0 Å². The van der Waals surface area contributed by atoms with Crippen molar-refractivity contribution in [2.45, 2.75) is 20.8 Å². The molecule has 0 radical (unpaired) electrons. The van der Waals surface area contributed by atoms with Crippen LogP contribution in [0.15, 0.2) is 10.6 Å². The molecule has 2 heterocycles. The van der Waals surface area contributed by atoms with E-state index < -0.39 is 0 Å². The molecule has 0 spiro atoms. The second-order valence-electron chi connectivity index (χ2n) is 3.54. The summed E-state index contributed by atoms with van der Waals surface area (Å²) in [4.78, 5) is 15.6. The topological polar surface area (TPSA) is 83.8 Å². The minimum absolute atomic E-state index is 0.0532. The van der Waals surface area contributed by atoms with Gasteiger partial charge in [-0.25, -0.2) is 4.98 Å². The van der Waals surface area contributed by atoms with Crippen molar-refractivity contribution >= 4 is 11.6 Å². The molecule has 0 atom stereocenters. The number of amides is 1. The van der Waals surface area contributed by atoms with Crippen LogP contribution in [0.2, 0.25) is 0 Å². The number of rotatable bonds is 2. The molecule has 0 unspecified atom stereocenters. The molecule has 0 aliphatic rings. The first-order valence-corrected chi connectivity index (χ1v) is 4.83. The monoisotopic (exact) mass is 220 g/mol. The van der Waals surface area contributed by atoms with Crippen molar-refractivity contribution in [3.05, 3.63) is 29.2 Å². The van der Waals surface area contributed by atoms with Crippen LogP contribution in [-0.2, 0) is 0 Å². The number of aryl methyl sites for hydroxylation is 3. The Morgan fingerprint density at radius 2 is 2.19 bits per heavy atom. The highest BCUT2D eigenvalue weighted by atomic mass is 16.4. The Morgan fingerprint density at radius 3 is 2.69 bits per heavy atom. The van der Waals surface area contributed by atoms with Gasteiger partial charge in [0.25, 0.3) is 5.89 Å². The van der Waals surface area contributed by atoms with Crippen molar-refractivity contribution in [2.24, 2.45) is 0 Å². The summed E-state index contributed by atoms with van der Waals surface area (Å²) in [5.41, 5.74) is 2.20. The highest BCUT2D eigenvalue weighted by molar-refractivity contribution is 6.01. The number of oxazole rings is 1. The molecule has 2 aromatic heterocycles. The normalized spacial score (nSPS) is 10.4. The summed E-state index contributed by atoms with van der Waals surface area (Å²) in [5, 5.41) is 9.46.